The van der Waals surface area contributed by atoms with Crippen LogP contribution in [0.4, 0.5) is 5.82 Å². The molecular formula is C17H22N4O3. The van der Waals surface area contributed by atoms with Crippen LogP contribution in [0.5, 0.6) is 0 Å². The average Bonchev–Trinajstić information content (AvgIpc) is 2.60. The van der Waals surface area contributed by atoms with E-state index in [1.165, 1.54) is 0 Å². The van der Waals surface area contributed by atoms with Crippen molar-refractivity contribution in [1.29, 1.82) is 5.26 Å². The molecule has 0 aliphatic carbocycles. The fraction of sp³-hybridized carbons (Fsp3) is 0.529. The highest BCUT2D eigenvalue weighted by Crippen LogP contribution is 2.27. The maximum Gasteiger partial charge on any atom is 0.306 e. The van der Waals surface area contributed by atoms with Crippen LogP contribution in [-0.2, 0) is 14.3 Å². The predicted molar refractivity (Wildman–Crippen MR) is 87.9 cm³/mol. The maximum atomic E-state index is 11.4. The number of nitriles is 1. The van der Waals surface area contributed by atoms with Gasteiger partial charge in [-0.2, -0.15) is 5.26 Å². The van der Waals surface area contributed by atoms with E-state index in [2.05, 4.69) is 16.0 Å². The fourth-order valence-electron chi connectivity index (χ4n) is 2.93. The van der Waals surface area contributed by atoms with Gasteiger partial charge in [-0.25, -0.2) is 4.98 Å². The molecule has 7 nitrogen and oxygen atoms in total. The molecule has 0 bridgehead atoms. The Hall–Kier alpha value is -2.62. The molecule has 0 unspecified atom stereocenters. The summed E-state index contributed by atoms with van der Waals surface area (Å²) in [6.07, 6.45) is 5.74. The summed E-state index contributed by atoms with van der Waals surface area (Å²) in [6.45, 7) is 1.38. The van der Waals surface area contributed by atoms with Gasteiger partial charge in [0.05, 0.1) is 5.56 Å². The number of rotatable bonds is 7. The molecule has 2 rings (SSSR count). The number of pyridine rings is 1. The first-order valence-electron chi connectivity index (χ1n) is 8.14. The Morgan fingerprint density at radius 3 is 2.83 bits per heavy atom. The first kappa shape index (κ1) is 17.7. The second kappa shape index (κ2) is 8.87. The smallest absolute Gasteiger partial charge is 0.306 e. The highest BCUT2D eigenvalue weighted by Gasteiger charge is 2.21. The van der Waals surface area contributed by atoms with Gasteiger partial charge in [0.25, 0.3) is 5.91 Å². The molecular weight excluding hydrogens is 308 g/mol. The minimum Gasteiger partial charge on any atom is -0.456 e. The number of primary amides is 1. The minimum absolute atomic E-state index is 0.312. The van der Waals surface area contributed by atoms with E-state index in [1.54, 1.807) is 18.3 Å². The van der Waals surface area contributed by atoms with Crippen molar-refractivity contribution in [3.63, 3.8) is 0 Å². The average molecular weight is 330 g/mol. The van der Waals surface area contributed by atoms with Crippen molar-refractivity contribution >= 4 is 17.7 Å². The number of esters is 1. The zero-order chi connectivity index (χ0) is 17.4. The summed E-state index contributed by atoms with van der Waals surface area (Å²) in [5, 5.41) is 9.16. The lowest BCUT2D eigenvalue weighted by Gasteiger charge is -2.33. The number of amides is 1. The molecule has 1 saturated heterocycles. The van der Waals surface area contributed by atoms with Crippen molar-refractivity contribution in [2.24, 2.45) is 11.7 Å². The third kappa shape index (κ3) is 5.23. The standard InChI is InChI=1S/C17H22N4O3/c18-11-14-4-2-8-20-17(14)21-9-6-13(7-10-21)3-1-5-16(23)24-12-15(19)22/h2,4,8,13H,1,3,5-7,9-10,12H2,(H2,19,22). The van der Waals surface area contributed by atoms with Crippen LogP contribution in [0, 0.1) is 17.2 Å². The number of nitrogens with zero attached hydrogens (tertiary/aromatic N) is 3. The second-order valence-electron chi connectivity index (χ2n) is 5.94. The number of hydrogen-bond acceptors (Lipinski definition) is 6. The molecule has 0 atom stereocenters. The number of anilines is 1. The fourth-order valence-corrected chi connectivity index (χ4v) is 2.93. The van der Waals surface area contributed by atoms with E-state index in [0.717, 1.165) is 44.6 Å². The van der Waals surface area contributed by atoms with Gasteiger partial charge < -0.3 is 15.4 Å². The van der Waals surface area contributed by atoms with Gasteiger partial charge in [0, 0.05) is 25.7 Å². The topological polar surface area (TPSA) is 109 Å². The Morgan fingerprint density at radius 2 is 2.17 bits per heavy atom. The number of carbonyl (C=O) groups excluding carboxylic acids is 2. The van der Waals surface area contributed by atoms with E-state index >= 15 is 0 Å². The van der Waals surface area contributed by atoms with Gasteiger partial charge in [0.1, 0.15) is 11.9 Å². The lowest BCUT2D eigenvalue weighted by molar-refractivity contribution is -0.147. The van der Waals surface area contributed by atoms with Gasteiger partial charge >= 0.3 is 5.97 Å². The molecule has 24 heavy (non-hydrogen) atoms. The highest BCUT2D eigenvalue weighted by molar-refractivity contribution is 5.78. The van der Waals surface area contributed by atoms with Crippen LogP contribution >= 0.6 is 0 Å². The van der Waals surface area contributed by atoms with Crippen molar-refractivity contribution in [3.8, 4) is 6.07 Å². The number of nitrogens with two attached hydrogens (primary N) is 1. The molecule has 2 N–H and O–H groups in total. The zero-order valence-corrected chi connectivity index (χ0v) is 13.6. The summed E-state index contributed by atoms with van der Waals surface area (Å²) in [5.74, 6) is 0.299. The van der Waals surface area contributed by atoms with Gasteiger partial charge in [0.2, 0.25) is 0 Å². The molecule has 0 radical (unpaired) electrons. The molecule has 7 heteroatoms. The third-order valence-corrected chi connectivity index (χ3v) is 4.19. The molecule has 0 saturated carbocycles. The largest absolute Gasteiger partial charge is 0.456 e. The number of piperidine rings is 1. The zero-order valence-electron chi connectivity index (χ0n) is 13.6. The van der Waals surface area contributed by atoms with Gasteiger partial charge in [-0.15, -0.1) is 0 Å². The molecule has 128 valence electrons. The molecule has 1 amide bonds. The quantitative estimate of drug-likeness (QED) is 0.756. The van der Waals surface area contributed by atoms with Crippen molar-refractivity contribution in [3.05, 3.63) is 23.9 Å². The molecule has 1 fully saturated rings. The Bertz CT molecular complexity index is 619. The maximum absolute atomic E-state index is 11.4. The van der Waals surface area contributed by atoms with Crippen LogP contribution in [0.15, 0.2) is 18.3 Å². The van der Waals surface area contributed by atoms with Crippen molar-refractivity contribution < 1.29 is 14.3 Å². The first-order chi connectivity index (χ1) is 11.6. The van der Waals surface area contributed by atoms with Crippen molar-refractivity contribution in [2.45, 2.75) is 32.1 Å². The molecule has 2 heterocycles. The SMILES string of the molecule is N#Cc1cccnc1N1CCC(CCCC(=O)OCC(N)=O)CC1. The molecule has 0 spiro atoms. The van der Waals surface area contributed by atoms with E-state index in [4.69, 9.17) is 15.7 Å². The third-order valence-electron chi connectivity index (χ3n) is 4.19. The molecule has 1 aromatic heterocycles. The minimum atomic E-state index is -0.637. The van der Waals surface area contributed by atoms with E-state index in [-0.39, 0.29) is 12.6 Å². The van der Waals surface area contributed by atoms with Crippen molar-refractivity contribution in [2.75, 3.05) is 24.6 Å². The predicted octanol–water partition coefficient (Wildman–Crippen LogP) is 1.37. The molecule has 0 aromatic carbocycles. The number of ether oxygens (including phenoxy) is 1. The summed E-state index contributed by atoms with van der Waals surface area (Å²) in [6, 6.07) is 5.74. The van der Waals surface area contributed by atoms with E-state index in [9.17, 15) is 9.59 Å². The van der Waals surface area contributed by atoms with Crippen LogP contribution in [0.2, 0.25) is 0 Å². The second-order valence-corrected chi connectivity index (χ2v) is 5.94. The number of carbonyl (C=O) groups is 2. The van der Waals surface area contributed by atoms with Gasteiger partial charge in [-0.1, -0.05) is 0 Å². The van der Waals surface area contributed by atoms with E-state index in [0.29, 0.717) is 17.9 Å². The molecule has 1 aliphatic heterocycles. The monoisotopic (exact) mass is 330 g/mol. The molecule has 1 aliphatic rings. The van der Waals surface area contributed by atoms with Crippen LogP contribution in [0.1, 0.15) is 37.7 Å². The highest BCUT2D eigenvalue weighted by atomic mass is 16.5. The lowest BCUT2D eigenvalue weighted by Crippen LogP contribution is -2.34. The van der Waals surface area contributed by atoms with E-state index in [1.807, 2.05) is 0 Å². The van der Waals surface area contributed by atoms with E-state index < -0.39 is 5.91 Å². The summed E-state index contributed by atoms with van der Waals surface area (Å²) in [5.41, 5.74) is 5.53. The summed E-state index contributed by atoms with van der Waals surface area (Å²) in [4.78, 5) is 28.4. The number of aromatic nitrogens is 1. The molecule has 1 aromatic rings. The Morgan fingerprint density at radius 1 is 1.42 bits per heavy atom. The Labute approximate surface area is 141 Å². The first-order valence-corrected chi connectivity index (χ1v) is 8.14. The summed E-state index contributed by atoms with van der Waals surface area (Å²) in [7, 11) is 0. The summed E-state index contributed by atoms with van der Waals surface area (Å²) >= 11 is 0. The Kier molecular flexibility index (Phi) is 6.55. The van der Waals surface area contributed by atoms with Crippen LogP contribution in [0.3, 0.4) is 0 Å². The van der Waals surface area contributed by atoms with Crippen LogP contribution < -0.4 is 10.6 Å². The van der Waals surface area contributed by atoms with Gasteiger partial charge in [-0.05, 0) is 43.7 Å². The number of hydrogen-bond donors (Lipinski definition) is 1. The lowest BCUT2D eigenvalue weighted by atomic mass is 9.91. The normalized spacial score (nSPS) is 14.9. The van der Waals surface area contributed by atoms with Gasteiger partial charge in [0.15, 0.2) is 6.61 Å². The van der Waals surface area contributed by atoms with Crippen LogP contribution in [-0.4, -0.2) is 36.6 Å². The summed E-state index contributed by atoms with van der Waals surface area (Å²) < 4.78 is 4.73. The van der Waals surface area contributed by atoms with Crippen molar-refractivity contribution in [1.82, 2.24) is 4.98 Å². The van der Waals surface area contributed by atoms with Crippen LogP contribution in [0.25, 0.3) is 0 Å². The van der Waals surface area contributed by atoms with Gasteiger partial charge in [-0.3, -0.25) is 9.59 Å². The Balaban J connectivity index is 1.71.